The summed E-state index contributed by atoms with van der Waals surface area (Å²) in [5.41, 5.74) is 6.14. The molecule has 1 saturated heterocycles. The van der Waals surface area contributed by atoms with Crippen LogP contribution >= 0.6 is 0 Å². The maximum Gasteiger partial charge on any atom is 0.188 e. The quantitative estimate of drug-likeness (QED) is 0.603. The summed E-state index contributed by atoms with van der Waals surface area (Å²) in [6.07, 6.45) is 9.08. The molecule has 1 aliphatic heterocycles. The van der Waals surface area contributed by atoms with E-state index in [1.54, 1.807) is 0 Å². The zero-order valence-electron chi connectivity index (χ0n) is 14.6. The Morgan fingerprint density at radius 2 is 1.82 bits per heavy atom. The normalized spacial score (nSPS) is 23.7. The topological polar surface area (TPSA) is 62.9 Å². The van der Waals surface area contributed by atoms with Gasteiger partial charge < -0.3 is 15.8 Å². The number of aliphatic imine (C=N–C) groups is 1. The molecule has 5 nitrogen and oxygen atoms in total. The monoisotopic (exact) mass is 310 g/mol. The molecule has 0 aromatic carbocycles. The van der Waals surface area contributed by atoms with Crippen molar-refractivity contribution in [1.29, 1.82) is 0 Å². The molecule has 0 unspecified atom stereocenters. The van der Waals surface area contributed by atoms with E-state index in [0.717, 1.165) is 32.5 Å². The molecule has 3 N–H and O–H groups in total. The molecule has 1 aliphatic carbocycles. The van der Waals surface area contributed by atoms with Crippen molar-refractivity contribution < 1.29 is 4.74 Å². The zero-order valence-corrected chi connectivity index (χ0v) is 14.6. The first-order chi connectivity index (χ1) is 10.5. The minimum Gasteiger partial charge on any atom is -0.381 e. The van der Waals surface area contributed by atoms with Gasteiger partial charge in [0.05, 0.1) is 12.6 Å². The predicted molar refractivity (Wildman–Crippen MR) is 92.2 cm³/mol. The number of piperidine rings is 1. The van der Waals surface area contributed by atoms with Crippen molar-refractivity contribution in [3.8, 4) is 0 Å². The summed E-state index contributed by atoms with van der Waals surface area (Å²) in [5, 5.41) is 3.40. The van der Waals surface area contributed by atoms with Crippen LogP contribution in [0.4, 0.5) is 0 Å². The third-order valence-corrected chi connectivity index (χ3v) is 5.22. The smallest absolute Gasteiger partial charge is 0.188 e. The van der Waals surface area contributed by atoms with Gasteiger partial charge in [-0.3, -0.25) is 9.89 Å². The largest absolute Gasteiger partial charge is 0.381 e. The third-order valence-electron chi connectivity index (χ3n) is 5.22. The molecule has 1 heterocycles. The average Bonchev–Trinajstić information content (AvgIpc) is 2.54. The zero-order chi connectivity index (χ0) is 16.0. The van der Waals surface area contributed by atoms with E-state index >= 15 is 0 Å². The van der Waals surface area contributed by atoms with Crippen LogP contribution in [0.1, 0.15) is 58.8 Å². The summed E-state index contributed by atoms with van der Waals surface area (Å²) >= 11 is 0. The van der Waals surface area contributed by atoms with Crippen molar-refractivity contribution in [1.82, 2.24) is 10.2 Å². The molecule has 0 aromatic rings. The number of nitrogens with zero attached hydrogens (tertiary/aromatic N) is 2. The van der Waals surface area contributed by atoms with Crippen LogP contribution in [0.15, 0.2) is 4.99 Å². The van der Waals surface area contributed by atoms with Crippen molar-refractivity contribution in [2.45, 2.75) is 76.5 Å². The molecule has 22 heavy (non-hydrogen) atoms. The molecule has 5 heteroatoms. The Hall–Kier alpha value is -0.810. The molecule has 2 rings (SSSR count). The van der Waals surface area contributed by atoms with Crippen LogP contribution in [-0.2, 0) is 4.74 Å². The molecule has 0 amide bonds. The Morgan fingerprint density at radius 1 is 1.18 bits per heavy atom. The molecule has 0 bridgehead atoms. The SMILES string of the molecule is COC1CCN(C(C)(C)CN=C(N)NC2CCCCC2)CC1. The lowest BCUT2D eigenvalue weighted by Crippen LogP contribution is -2.51. The molecule has 0 atom stereocenters. The maximum absolute atomic E-state index is 6.09. The number of hydrogen-bond donors (Lipinski definition) is 2. The minimum atomic E-state index is 0.0532. The van der Waals surface area contributed by atoms with E-state index in [1.165, 1.54) is 32.1 Å². The van der Waals surface area contributed by atoms with E-state index in [2.05, 4.69) is 29.1 Å². The number of guanidine groups is 1. The Balaban J connectivity index is 1.79. The Morgan fingerprint density at radius 3 is 2.41 bits per heavy atom. The Labute approximate surface area is 135 Å². The molecular formula is C17H34N4O. The van der Waals surface area contributed by atoms with Gasteiger partial charge in [0.2, 0.25) is 0 Å². The molecule has 0 spiro atoms. The second-order valence-corrected chi connectivity index (χ2v) is 7.42. The van der Waals surface area contributed by atoms with Crippen molar-refractivity contribution in [3.63, 3.8) is 0 Å². The lowest BCUT2D eigenvalue weighted by atomic mass is 9.96. The summed E-state index contributed by atoms with van der Waals surface area (Å²) in [6, 6.07) is 0.526. The first-order valence-corrected chi connectivity index (χ1v) is 8.85. The molecule has 0 aromatic heterocycles. The Bertz CT molecular complexity index is 356. The van der Waals surface area contributed by atoms with Crippen LogP contribution in [0.25, 0.3) is 0 Å². The molecular weight excluding hydrogens is 276 g/mol. The number of likely N-dealkylation sites (tertiary alicyclic amines) is 1. The molecule has 128 valence electrons. The minimum absolute atomic E-state index is 0.0532. The fourth-order valence-electron chi connectivity index (χ4n) is 3.58. The number of nitrogens with two attached hydrogens (primary N) is 1. The molecule has 2 fully saturated rings. The average molecular weight is 310 g/mol. The number of nitrogens with one attached hydrogen (secondary N) is 1. The van der Waals surface area contributed by atoms with Gasteiger partial charge in [-0.2, -0.15) is 0 Å². The highest BCUT2D eigenvalue weighted by atomic mass is 16.5. The highest BCUT2D eigenvalue weighted by molar-refractivity contribution is 5.78. The standard InChI is InChI=1S/C17H34N4O/c1-17(2,21-11-9-15(22-3)10-12-21)13-19-16(18)20-14-7-5-4-6-8-14/h14-15H,4-13H2,1-3H3,(H3,18,19,20). The number of methoxy groups -OCH3 is 1. The number of hydrogen-bond acceptors (Lipinski definition) is 3. The predicted octanol–water partition coefficient (Wildman–Crippen LogP) is 2.11. The van der Waals surface area contributed by atoms with Crippen LogP contribution in [-0.4, -0.2) is 55.3 Å². The second kappa shape index (κ2) is 8.16. The van der Waals surface area contributed by atoms with Crippen molar-refractivity contribution >= 4 is 5.96 Å². The van der Waals surface area contributed by atoms with Gasteiger partial charge in [0.1, 0.15) is 0 Å². The van der Waals surface area contributed by atoms with Crippen molar-refractivity contribution in [3.05, 3.63) is 0 Å². The summed E-state index contributed by atoms with van der Waals surface area (Å²) in [7, 11) is 1.81. The molecule has 2 aliphatic rings. The number of rotatable bonds is 5. The number of ether oxygens (including phenoxy) is 1. The van der Waals surface area contributed by atoms with Crippen molar-refractivity contribution in [2.24, 2.45) is 10.7 Å². The fourth-order valence-corrected chi connectivity index (χ4v) is 3.58. The molecule has 0 radical (unpaired) electrons. The third kappa shape index (κ3) is 5.13. The van der Waals surface area contributed by atoms with E-state index in [4.69, 9.17) is 10.5 Å². The van der Waals surface area contributed by atoms with E-state index in [9.17, 15) is 0 Å². The van der Waals surface area contributed by atoms with Crippen LogP contribution in [0, 0.1) is 0 Å². The first kappa shape index (κ1) is 17.5. The summed E-state index contributed by atoms with van der Waals surface area (Å²) in [5.74, 6) is 0.617. The van der Waals surface area contributed by atoms with Crippen LogP contribution < -0.4 is 11.1 Å². The van der Waals surface area contributed by atoms with Crippen molar-refractivity contribution in [2.75, 3.05) is 26.7 Å². The van der Waals surface area contributed by atoms with E-state index < -0.39 is 0 Å². The van der Waals surface area contributed by atoms with E-state index in [-0.39, 0.29) is 5.54 Å². The van der Waals surface area contributed by atoms with Crippen LogP contribution in [0.3, 0.4) is 0 Å². The van der Waals surface area contributed by atoms with Gasteiger partial charge in [-0.25, -0.2) is 0 Å². The summed E-state index contributed by atoms with van der Waals surface area (Å²) in [6.45, 7) is 7.43. The maximum atomic E-state index is 6.09. The van der Waals surface area contributed by atoms with Gasteiger partial charge in [-0.05, 0) is 39.5 Å². The second-order valence-electron chi connectivity index (χ2n) is 7.42. The van der Waals surface area contributed by atoms with Crippen LogP contribution in [0.5, 0.6) is 0 Å². The fraction of sp³-hybridized carbons (Fsp3) is 0.941. The van der Waals surface area contributed by atoms with Gasteiger partial charge in [-0.1, -0.05) is 19.3 Å². The highest BCUT2D eigenvalue weighted by Crippen LogP contribution is 2.22. The highest BCUT2D eigenvalue weighted by Gasteiger charge is 2.30. The lowest BCUT2D eigenvalue weighted by Gasteiger charge is -2.42. The van der Waals surface area contributed by atoms with Gasteiger partial charge in [-0.15, -0.1) is 0 Å². The van der Waals surface area contributed by atoms with E-state index in [0.29, 0.717) is 18.1 Å². The molecule has 1 saturated carbocycles. The van der Waals surface area contributed by atoms with Crippen LogP contribution in [0.2, 0.25) is 0 Å². The Kier molecular flexibility index (Phi) is 6.50. The van der Waals surface area contributed by atoms with Gasteiger partial charge >= 0.3 is 0 Å². The summed E-state index contributed by atoms with van der Waals surface area (Å²) < 4.78 is 5.45. The van der Waals surface area contributed by atoms with Gasteiger partial charge in [0, 0.05) is 31.8 Å². The summed E-state index contributed by atoms with van der Waals surface area (Å²) in [4.78, 5) is 7.13. The van der Waals surface area contributed by atoms with Gasteiger partial charge in [0.25, 0.3) is 0 Å². The van der Waals surface area contributed by atoms with E-state index in [1.807, 2.05) is 7.11 Å². The van der Waals surface area contributed by atoms with Gasteiger partial charge in [0.15, 0.2) is 5.96 Å². The lowest BCUT2D eigenvalue weighted by molar-refractivity contribution is 0.00909. The first-order valence-electron chi connectivity index (χ1n) is 8.85.